The van der Waals surface area contributed by atoms with Gasteiger partial charge in [0.15, 0.2) is 0 Å². The highest BCUT2D eigenvalue weighted by Gasteiger charge is 2.25. The summed E-state index contributed by atoms with van der Waals surface area (Å²) < 4.78 is 0. The topological polar surface area (TPSA) is 64.7 Å². The summed E-state index contributed by atoms with van der Waals surface area (Å²) in [4.78, 5) is 29.0. The molecule has 2 N–H and O–H groups in total. The fourth-order valence-electron chi connectivity index (χ4n) is 4.07. The van der Waals surface area contributed by atoms with Crippen LogP contribution in [0.1, 0.15) is 43.7 Å². The fraction of sp³-hybridized carbons (Fsp3) is 0.619. The summed E-state index contributed by atoms with van der Waals surface area (Å²) in [6, 6.07) is 8.55. The van der Waals surface area contributed by atoms with E-state index in [1.165, 1.54) is 11.1 Å². The van der Waals surface area contributed by atoms with Crippen LogP contribution in [0.2, 0.25) is 0 Å². The van der Waals surface area contributed by atoms with Crippen LogP contribution in [-0.4, -0.2) is 60.5 Å². The van der Waals surface area contributed by atoms with E-state index in [1.54, 1.807) is 0 Å². The van der Waals surface area contributed by atoms with Gasteiger partial charge in [0, 0.05) is 38.6 Å². The van der Waals surface area contributed by atoms with Gasteiger partial charge in [-0.05, 0) is 49.9 Å². The summed E-state index contributed by atoms with van der Waals surface area (Å²) in [5.74, 6) is 0.160. The highest BCUT2D eigenvalue weighted by Crippen LogP contribution is 2.18. The first kappa shape index (κ1) is 22.5. The van der Waals surface area contributed by atoms with Crippen molar-refractivity contribution in [1.82, 2.24) is 20.4 Å². The third kappa shape index (κ3) is 5.85. The molecule has 7 heteroatoms. The maximum absolute atomic E-state index is 12.7. The van der Waals surface area contributed by atoms with Crippen molar-refractivity contribution in [3.05, 3.63) is 35.4 Å². The second-order valence-electron chi connectivity index (χ2n) is 7.49. The number of carbonyl (C=O) groups is 2. The molecule has 0 bridgehead atoms. The summed E-state index contributed by atoms with van der Waals surface area (Å²) in [6.45, 7) is 6.65. The molecule has 2 heterocycles. The lowest BCUT2D eigenvalue weighted by molar-refractivity contribution is -0.134. The quantitative estimate of drug-likeness (QED) is 0.760. The summed E-state index contributed by atoms with van der Waals surface area (Å²) in [5.41, 5.74) is 2.55. The number of hydrogen-bond donors (Lipinski definition) is 2. The average molecular weight is 409 g/mol. The first-order valence-electron chi connectivity index (χ1n) is 10.3. The van der Waals surface area contributed by atoms with Crippen molar-refractivity contribution < 1.29 is 9.59 Å². The molecule has 2 aliphatic heterocycles. The highest BCUT2D eigenvalue weighted by molar-refractivity contribution is 5.85. The number of piperidine rings is 1. The molecule has 2 aliphatic rings. The Morgan fingerprint density at radius 3 is 2.64 bits per heavy atom. The Bertz CT molecular complexity index is 649. The average Bonchev–Trinajstić information content (AvgIpc) is 2.72. The minimum absolute atomic E-state index is 0. The Labute approximate surface area is 174 Å². The molecule has 0 radical (unpaired) electrons. The number of rotatable bonds is 6. The van der Waals surface area contributed by atoms with Crippen LogP contribution in [0.4, 0.5) is 4.79 Å². The van der Waals surface area contributed by atoms with Crippen LogP contribution in [0.5, 0.6) is 0 Å². The molecule has 0 spiro atoms. The monoisotopic (exact) mass is 408 g/mol. The smallest absolute Gasteiger partial charge is 0.317 e. The number of carbonyl (C=O) groups excluding carboxylic acids is 2. The van der Waals surface area contributed by atoms with E-state index < -0.39 is 0 Å². The lowest BCUT2D eigenvalue weighted by Gasteiger charge is -2.35. The van der Waals surface area contributed by atoms with Crippen molar-refractivity contribution in [2.75, 3.05) is 32.7 Å². The summed E-state index contributed by atoms with van der Waals surface area (Å²) in [5, 5.41) is 6.29. The number of urea groups is 1. The normalized spacial score (nSPS) is 16.7. The van der Waals surface area contributed by atoms with Gasteiger partial charge in [0.25, 0.3) is 0 Å². The van der Waals surface area contributed by atoms with Crippen molar-refractivity contribution in [3.8, 4) is 0 Å². The van der Waals surface area contributed by atoms with Gasteiger partial charge in [-0.1, -0.05) is 31.2 Å². The summed E-state index contributed by atoms with van der Waals surface area (Å²) in [7, 11) is 0. The van der Waals surface area contributed by atoms with Crippen LogP contribution in [0, 0.1) is 0 Å². The van der Waals surface area contributed by atoms with Gasteiger partial charge >= 0.3 is 6.03 Å². The van der Waals surface area contributed by atoms with Crippen LogP contribution in [-0.2, 0) is 17.8 Å². The van der Waals surface area contributed by atoms with Gasteiger partial charge in [0.2, 0.25) is 5.91 Å². The van der Waals surface area contributed by atoms with E-state index in [2.05, 4.69) is 29.7 Å². The maximum atomic E-state index is 12.7. The molecule has 0 atom stereocenters. The number of halogens is 1. The van der Waals surface area contributed by atoms with Crippen LogP contribution in [0.3, 0.4) is 0 Å². The molecule has 6 nitrogen and oxygen atoms in total. The molecule has 28 heavy (non-hydrogen) atoms. The molecule has 156 valence electrons. The number of nitrogens with zero attached hydrogens (tertiary/aromatic N) is 2. The Morgan fingerprint density at radius 2 is 1.93 bits per heavy atom. The van der Waals surface area contributed by atoms with E-state index in [1.807, 2.05) is 21.9 Å². The fourth-order valence-corrected chi connectivity index (χ4v) is 4.07. The van der Waals surface area contributed by atoms with Crippen LogP contribution >= 0.6 is 12.4 Å². The zero-order valence-corrected chi connectivity index (χ0v) is 17.6. The molecule has 1 fully saturated rings. The van der Waals surface area contributed by atoms with Gasteiger partial charge in [-0.3, -0.25) is 4.79 Å². The van der Waals surface area contributed by atoms with Gasteiger partial charge in [0.05, 0.1) is 0 Å². The molecule has 1 saturated heterocycles. The van der Waals surface area contributed by atoms with Crippen LogP contribution in [0.25, 0.3) is 0 Å². The van der Waals surface area contributed by atoms with Crippen molar-refractivity contribution >= 4 is 24.3 Å². The Balaban J connectivity index is 0.00000280. The lowest BCUT2D eigenvalue weighted by Crippen LogP contribution is -2.48. The number of benzene rings is 1. The molecule has 1 aromatic carbocycles. The second kappa shape index (κ2) is 11.3. The van der Waals surface area contributed by atoms with E-state index in [-0.39, 0.29) is 24.3 Å². The van der Waals surface area contributed by atoms with Gasteiger partial charge in [-0.25, -0.2) is 4.79 Å². The molecule has 3 amide bonds. The number of hydrogen-bond acceptors (Lipinski definition) is 3. The van der Waals surface area contributed by atoms with Crippen LogP contribution in [0.15, 0.2) is 24.3 Å². The predicted octanol–water partition coefficient (Wildman–Crippen LogP) is 2.56. The number of amides is 3. The minimum atomic E-state index is -0.0683. The van der Waals surface area contributed by atoms with Crippen molar-refractivity contribution in [3.63, 3.8) is 0 Å². The number of fused-ring (bicyclic) bond motifs is 1. The van der Waals surface area contributed by atoms with Crippen molar-refractivity contribution in [2.24, 2.45) is 0 Å². The third-order valence-electron chi connectivity index (χ3n) is 5.57. The third-order valence-corrected chi connectivity index (χ3v) is 5.57. The molecule has 0 aromatic heterocycles. The van der Waals surface area contributed by atoms with Gasteiger partial charge in [0.1, 0.15) is 0 Å². The van der Waals surface area contributed by atoms with Crippen LogP contribution < -0.4 is 10.6 Å². The Hall–Kier alpha value is -1.79. The van der Waals surface area contributed by atoms with E-state index in [9.17, 15) is 9.59 Å². The summed E-state index contributed by atoms with van der Waals surface area (Å²) >= 11 is 0. The second-order valence-corrected chi connectivity index (χ2v) is 7.49. The standard InChI is InChI=1S/C21H32N4O2.ClH/c1-2-14-25(19-7-11-22-12-8-19)20(26)9-13-23-21(27)24-15-10-17-5-3-4-6-18(17)16-24;/h3-6,19,22H,2,7-16H2,1H3,(H,23,27);1H. The van der Waals surface area contributed by atoms with Gasteiger partial charge in [-0.15, -0.1) is 12.4 Å². The Morgan fingerprint density at radius 1 is 1.21 bits per heavy atom. The minimum Gasteiger partial charge on any atom is -0.340 e. The molecule has 3 rings (SSSR count). The zero-order valence-electron chi connectivity index (χ0n) is 16.8. The van der Waals surface area contributed by atoms with E-state index in [0.717, 1.165) is 51.9 Å². The van der Waals surface area contributed by atoms with E-state index in [4.69, 9.17) is 0 Å². The zero-order chi connectivity index (χ0) is 19.1. The first-order valence-corrected chi connectivity index (χ1v) is 10.3. The van der Waals surface area contributed by atoms with Crippen molar-refractivity contribution in [1.29, 1.82) is 0 Å². The molecular weight excluding hydrogens is 376 g/mol. The maximum Gasteiger partial charge on any atom is 0.317 e. The van der Waals surface area contributed by atoms with E-state index >= 15 is 0 Å². The van der Waals surface area contributed by atoms with Gasteiger partial charge in [-0.2, -0.15) is 0 Å². The largest absolute Gasteiger partial charge is 0.340 e. The predicted molar refractivity (Wildman–Crippen MR) is 114 cm³/mol. The SMILES string of the molecule is CCCN(C(=O)CCNC(=O)N1CCc2ccccc2C1)C1CCNCC1.Cl. The lowest BCUT2D eigenvalue weighted by atomic mass is 10.0. The van der Waals surface area contributed by atoms with E-state index in [0.29, 0.717) is 25.6 Å². The Kier molecular flexibility index (Phi) is 9.06. The molecule has 0 saturated carbocycles. The van der Waals surface area contributed by atoms with Gasteiger partial charge < -0.3 is 20.4 Å². The highest BCUT2D eigenvalue weighted by atomic mass is 35.5. The summed E-state index contributed by atoms with van der Waals surface area (Å²) in [6.07, 6.45) is 4.27. The number of nitrogens with one attached hydrogen (secondary N) is 2. The van der Waals surface area contributed by atoms with Crippen molar-refractivity contribution in [2.45, 2.75) is 51.6 Å². The molecule has 0 unspecified atom stereocenters. The molecule has 0 aliphatic carbocycles. The first-order chi connectivity index (χ1) is 13.2. The molecular formula is C21H33ClN4O2. The molecule has 1 aromatic rings.